The summed E-state index contributed by atoms with van der Waals surface area (Å²) in [7, 11) is 1.68. The Kier molecular flexibility index (Phi) is 7.91. The minimum absolute atomic E-state index is 0.670. The normalized spacial score (nSPS) is 13.5. The molecule has 1 saturated heterocycles. The highest BCUT2D eigenvalue weighted by atomic mass is 16.5. The molecule has 1 aliphatic heterocycles. The van der Waals surface area contributed by atoms with E-state index in [2.05, 4.69) is 64.8 Å². The number of likely N-dealkylation sites (tertiary alicyclic amines) is 1. The molecule has 0 aliphatic carbocycles. The molecule has 1 aliphatic rings. The number of methoxy groups -OCH3 is 1. The molecule has 1 fully saturated rings. The first kappa shape index (κ1) is 25.9. The molecule has 0 spiro atoms. The Labute approximate surface area is 235 Å². The van der Waals surface area contributed by atoms with Crippen LogP contribution in [0, 0.1) is 0 Å². The SMILES string of the molecule is COc1ccc(CNc2ccc(-c3cccc4nc(Cc5ccc(OCCN6CCCC6)cc5)nn34)cc2)cc1. The number of anilines is 1. The third-order valence-corrected chi connectivity index (χ3v) is 7.40. The largest absolute Gasteiger partial charge is 0.497 e. The lowest BCUT2D eigenvalue weighted by molar-refractivity contribution is 0.238. The highest BCUT2D eigenvalue weighted by molar-refractivity contribution is 5.65. The second-order valence-electron chi connectivity index (χ2n) is 10.2. The van der Waals surface area contributed by atoms with Crippen LogP contribution in [0.15, 0.2) is 91.0 Å². The van der Waals surface area contributed by atoms with Crippen LogP contribution in [0.2, 0.25) is 0 Å². The van der Waals surface area contributed by atoms with Gasteiger partial charge in [-0.25, -0.2) is 9.50 Å². The number of fused-ring (bicyclic) bond motifs is 1. The number of hydrogen-bond acceptors (Lipinski definition) is 6. The monoisotopic (exact) mass is 533 g/mol. The van der Waals surface area contributed by atoms with E-state index in [4.69, 9.17) is 19.6 Å². The van der Waals surface area contributed by atoms with Crippen molar-refractivity contribution in [2.45, 2.75) is 25.8 Å². The van der Waals surface area contributed by atoms with Gasteiger partial charge in [-0.15, -0.1) is 0 Å². The third kappa shape index (κ3) is 6.26. The number of rotatable bonds is 11. The van der Waals surface area contributed by atoms with E-state index in [1.165, 1.54) is 31.5 Å². The van der Waals surface area contributed by atoms with Gasteiger partial charge in [-0.05, 0) is 85.6 Å². The third-order valence-electron chi connectivity index (χ3n) is 7.40. The van der Waals surface area contributed by atoms with Crippen LogP contribution in [0.1, 0.15) is 29.8 Å². The molecule has 0 bridgehead atoms. The first-order chi connectivity index (χ1) is 19.7. The molecule has 0 unspecified atom stereocenters. The Bertz CT molecular complexity index is 1520. The molecule has 1 N–H and O–H groups in total. The highest BCUT2D eigenvalue weighted by Crippen LogP contribution is 2.23. The van der Waals surface area contributed by atoms with Gasteiger partial charge in [-0.1, -0.05) is 42.5 Å². The number of aromatic nitrogens is 3. The zero-order chi connectivity index (χ0) is 27.1. The average Bonchev–Trinajstić information content (AvgIpc) is 3.67. The van der Waals surface area contributed by atoms with Gasteiger partial charge >= 0.3 is 0 Å². The number of nitrogens with one attached hydrogen (secondary N) is 1. The maximum absolute atomic E-state index is 5.95. The van der Waals surface area contributed by atoms with Crippen molar-refractivity contribution in [2.75, 3.05) is 38.7 Å². The van der Waals surface area contributed by atoms with E-state index in [1.807, 2.05) is 40.9 Å². The van der Waals surface area contributed by atoms with Crippen molar-refractivity contribution in [1.29, 1.82) is 0 Å². The Morgan fingerprint density at radius 3 is 2.27 bits per heavy atom. The zero-order valence-electron chi connectivity index (χ0n) is 22.9. The molecule has 0 atom stereocenters. The number of nitrogens with zero attached hydrogens (tertiary/aromatic N) is 4. The second-order valence-corrected chi connectivity index (χ2v) is 10.2. The van der Waals surface area contributed by atoms with Crippen LogP contribution in [-0.4, -0.2) is 52.8 Å². The molecule has 0 amide bonds. The summed E-state index contributed by atoms with van der Waals surface area (Å²) in [5.74, 6) is 2.58. The van der Waals surface area contributed by atoms with Crippen molar-refractivity contribution in [3.05, 3.63) is 108 Å². The van der Waals surface area contributed by atoms with Crippen LogP contribution in [0.3, 0.4) is 0 Å². The van der Waals surface area contributed by atoms with Gasteiger partial charge in [-0.3, -0.25) is 4.90 Å². The average molecular weight is 534 g/mol. The molecule has 7 heteroatoms. The zero-order valence-corrected chi connectivity index (χ0v) is 22.9. The van der Waals surface area contributed by atoms with E-state index in [0.29, 0.717) is 6.42 Å². The van der Waals surface area contributed by atoms with E-state index >= 15 is 0 Å². The second kappa shape index (κ2) is 12.2. The fraction of sp³-hybridized carbons (Fsp3) is 0.273. The molecule has 2 aromatic heterocycles. The summed E-state index contributed by atoms with van der Waals surface area (Å²) in [4.78, 5) is 7.26. The summed E-state index contributed by atoms with van der Waals surface area (Å²) < 4.78 is 13.1. The van der Waals surface area contributed by atoms with Crippen LogP contribution < -0.4 is 14.8 Å². The lowest BCUT2D eigenvalue weighted by Gasteiger charge is -2.14. The van der Waals surface area contributed by atoms with Gasteiger partial charge in [0.2, 0.25) is 0 Å². The quantitative estimate of drug-likeness (QED) is 0.222. The number of pyridine rings is 1. The summed E-state index contributed by atoms with van der Waals surface area (Å²) >= 11 is 0. The first-order valence-corrected chi connectivity index (χ1v) is 14.0. The van der Waals surface area contributed by atoms with E-state index in [0.717, 1.165) is 65.2 Å². The minimum Gasteiger partial charge on any atom is -0.497 e. The summed E-state index contributed by atoms with van der Waals surface area (Å²) in [6, 6.07) is 31.0. The van der Waals surface area contributed by atoms with Crippen LogP contribution in [0.4, 0.5) is 5.69 Å². The fourth-order valence-corrected chi connectivity index (χ4v) is 5.13. The first-order valence-electron chi connectivity index (χ1n) is 14.0. The maximum Gasteiger partial charge on any atom is 0.156 e. The molecule has 3 heterocycles. The topological polar surface area (TPSA) is 63.9 Å². The molecule has 40 heavy (non-hydrogen) atoms. The highest BCUT2D eigenvalue weighted by Gasteiger charge is 2.12. The van der Waals surface area contributed by atoms with Crippen LogP contribution >= 0.6 is 0 Å². The van der Waals surface area contributed by atoms with Crippen LogP contribution in [-0.2, 0) is 13.0 Å². The Morgan fingerprint density at radius 2 is 1.52 bits per heavy atom. The van der Waals surface area contributed by atoms with Gasteiger partial charge in [0.05, 0.1) is 12.8 Å². The maximum atomic E-state index is 5.95. The molecular formula is C33H35N5O2. The molecule has 6 rings (SSSR count). The van der Waals surface area contributed by atoms with Gasteiger partial charge in [-0.2, -0.15) is 5.10 Å². The van der Waals surface area contributed by atoms with Gasteiger partial charge in [0.25, 0.3) is 0 Å². The fourth-order valence-electron chi connectivity index (χ4n) is 5.13. The van der Waals surface area contributed by atoms with Crippen molar-refractivity contribution in [3.8, 4) is 22.8 Å². The summed E-state index contributed by atoms with van der Waals surface area (Å²) in [6.45, 7) is 4.87. The van der Waals surface area contributed by atoms with Gasteiger partial charge in [0.15, 0.2) is 11.5 Å². The Morgan fingerprint density at radius 1 is 0.800 bits per heavy atom. The number of benzene rings is 3. The predicted molar refractivity (Wildman–Crippen MR) is 159 cm³/mol. The van der Waals surface area contributed by atoms with Crippen molar-refractivity contribution in [1.82, 2.24) is 19.5 Å². The predicted octanol–water partition coefficient (Wildman–Crippen LogP) is 6.08. The standard InChI is InChI=1S/C33H35N5O2/c1-39-29-15-9-26(10-16-29)24-34-28-13-11-27(12-14-28)31-5-4-6-33-35-32(36-38(31)33)23-25-7-17-30(18-8-25)40-22-21-37-19-2-3-20-37/h4-18,34H,2-3,19-24H2,1H3. The molecule has 3 aromatic carbocycles. The van der Waals surface area contributed by atoms with Gasteiger partial charge < -0.3 is 14.8 Å². The van der Waals surface area contributed by atoms with Crippen molar-refractivity contribution in [3.63, 3.8) is 0 Å². The van der Waals surface area contributed by atoms with Crippen molar-refractivity contribution < 1.29 is 9.47 Å². The molecule has 7 nitrogen and oxygen atoms in total. The molecule has 0 radical (unpaired) electrons. The lowest BCUT2D eigenvalue weighted by atomic mass is 10.1. The van der Waals surface area contributed by atoms with E-state index < -0.39 is 0 Å². The molecule has 0 saturated carbocycles. The number of hydrogen-bond donors (Lipinski definition) is 1. The molecular weight excluding hydrogens is 498 g/mol. The van der Waals surface area contributed by atoms with E-state index in [-0.39, 0.29) is 0 Å². The summed E-state index contributed by atoms with van der Waals surface area (Å²) in [6.07, 6.45) is 3.29. The van der Waals surface area contributed by atoms with Gasteiger partial charge in [0.1, 0.15) is 18.1 Å². The van der Waals surface area contributed by atoms with Crippen molar-refractivity contribution >= 4 is 11.3 Å². The van der Waals surface area contributed by atoms with Crippen LogP contribution in [0.5, 0.6) is 11.5 Å². The Hall–Kier alpha value is -4.36. The smallest absolute Gasteiger partial charge is 0.156 e. The van der Waals surface area contributed by atoms with Gasteiger partial charge in [0, 0.05) is 30.8 Å². The summed E-state index contributed by atoms with van der Waals surface area (Å²) in [5, 5.41) is 8.34. The minimum atomic E-state index is 0.670. The summed E-state index contributed by atoms with van der Waals surface area (Å²) in [5.41, 5.74) is 6.37. The van der Waals surface area contributed by atoms with E-state index in [1.54, 1.807) is 7.11 Å². The van der Waals surface area contributed by atoms with Crippen molar-refractivity contribution in [2.24, 2.45) is 0 Å². The van der Waals surface area contributed by atoms with Crippen LogP contribution in [0.25, 0.3) is 16.9 Å². The molecule has 204 valence electrons. The molecule has 5 aromatic rings. The lowest BCUT2D eigenvalue weighted by Crippen LogP contribution is -2.25. The van der Waals surface area contributed by atoms with E-state index in [9.17, 15) is 0 Å². The Balaban J connectivity index is 1.08. The number of ether oxygens (including phenoxy) is 2.